The summed E-state index contributed by atoms with van der Waals surface area (Å²) >= 11 is 0. The molecule has 0 aromatic carbocycles. The minimum Gasteiger partial charge on any atom is -0.336 e. The summed E-state index contributed by atoms with van der Waals surface area (Å²) in [4.78, 5) is 15.0. The van der Waals surface area contributed by atoms with Crippen molar-refractivity contribution in [2.45, 2.75) is 19.4 Å². The van der Waals surface area contributed by atoms with Crippen molar-refractivity contribution in [3.63, 3.8) is 0 Å². The van der Waals surface area contributed by atoms with Crippen molar-refractivity contribution in [3.05, 3.63) is 12.2 Å². The molecule has 5 heteroatoms. The predicted molar refractivity (Wildman–Crippen MR) is 46.8 cm³/mol. The van der Waals surface area contributed by atoms with Gasteiger partial charge in [0.15, 0.2) is 0 Å². The summed E-state index contributed by atoms with van der Waals surface area (Å²) in [7, 11) is 0. The maximum absolute atomic E-state index is 11.3. The molecule has 1 rings (SSSR count). The van der Waals surface area contributed by atoms with E-state index in [1.807, 2.05) is 6.92 Å². The molecule has 0 radical (unpaired) electrons. The van der Waals surface area contributed by atoms with E-state index in [-0.39, 0.29) is 17.8 Å². The lowest BCUT2D eigenvalue weighted by atomic mass is 10.2. The van der Waals surface area contributed by atoms with Crippen molar-refractivity contribution in [1.82, 2.24) is 20.5 Å². The first-order chi connectivity index (χ1) is 6.27. The molecular weight excluding hydrogens is 168 g/mol. The number of terminal acetylenes is 1. The third kappa shape index (κ3) is 2.30. The van der Waals surface area contributed by atoms with E-state index in [2.05, 4.69) is 26.4 Å². The lowest BCUT2D eigenvalue weighted by molar-refractivity contribution is 0.0935. The van der Waals surface area contributed by atoms with Crippen LogP contribution in [-0.4, -0.2) is 27.1 Å². The van der Waals surface area contributed by atoms with Crippen LogP contribution in [0.5, 0.6) is 0 Å². The van der Waals surface area contributed by atoms with Gasteiger partial charge in [-0.1, -0.05) is 12.8 Å². The number of H-pyrrole nitrogens is 1. The fourth-order valence-corrected chi connectivity index (χ4v) is 0.803. The largest absolute Gasteiger partial charge is 0.336 e. The van der Waals surface area contributed by atoms with E-state index in [4.69, 9.17) is 6.42 Å². The molecular formula is C8H10N4O. The van der Waals surface area contributed by atoms with Crippen LogP contribution in [0.3, 0.4) is 0 Å². The number of hydrogen-bond acceptors (Lipinski definition) is 3. The highest BCUT2D eigenvalue weighted by Gasteiger charge is 2.11. The van der Waals surface area contributed by atoms with Crippen molar-refractivity contribution < 1.29 is 4.79 Å². The summed E-state index contributed by atoms with van der Waals surface area (Å²) in [5.74, 6) is 2.29. The SMILES string of the molecule is C#CC(CC)NC(=O)c1ncn[nH]1. The van der Waals surface area contributed by atoms with Gasteiger partial charge in [-0.15, -0.1) is 6.42 Å². The molecule has 2 N–H and O–H groups in total. The maximum atomic E-state index is 11.3. The van der Waals surface area contributed by atoms with Crippen molar-refractivity contribution in [1.29, 1.82) is 0 Å². The van der Waals surface area contributed by atoms with E-state index in [1.165, 1.54) is 6.33 Å². The van der Waals surface area contributed by atoms with E-state index in [9.17, 15) is 4.79 Å². The Balaban J connectivity index is 2.57. The molecule has 0 aliphatic carbocycles. The highest BCUT2D eigenvalue weighted by molar-refractivity contribution is 5.90. The molecule has 0 saturated heterocycles. The monoisotopic (exact) mass is 178 g/mol. The molecule has 0 bridgehead atoms. The lowest BCUT2D eigenvalue weighted by Gasteiger charge is -2.07. The van der Waals surface area contributed by atoms with Gasteiger partial charge in [-0.3, -0.25) is 9.89 Å². The Bertz CT molecular complexity index is 311. The van der Waals surface area contributed by atoms with E-state index in [0.29, 0.717) is 6.42 Å². The number of rotatable bonds is 3. The summed E-state index contributed by atoms with van der Waals surface area (Å²) < 4.78 is 0. The smallest absolute Gasteiger partial charge is 0.289 e. The Labute approximate surface area is 75.9 Å². The molecule has 0 spiro atoms. The molecule has 0 saturated carbocycles. The summed E-state index contributed by atoms with van der Waals surface area (Å²) in [6.07, 6.45) is 7.13. The minimum absolute atomic E-state index is 0.175. The molecule has 68 valence electrons. The third-order valence-corrected chi connectivity index (χ3v) is 1.54. The molecule has 1 atom stereocenters. The van der Waals surface area contributed by atoms with Crippen LogP contribution in [-0.2, 0) is 0 Å². The Morgan fingerprint density at radius 2 is 2.69 bits per heavy atom. The normalized spacial score (nSPS) is 11.7. The summed E-state index contributed by atoms with van der Waals surface area (Å²) in [6, 6.07) is -0.252. The first-order valence-electron chi connectivity index (χ1n) is 3.90. The molecule has 0 fully saturated rings. The number of nitrogens with one attached hydrogen (secondary N) is 2. The van der Waals surface area contributed by atoms with Gasteiger partial charge in [0.2, 0.25) is 5.82 Å². The van der Waals surface area contributed by atoms with Crippen LogP contribution in [0.25, 0.3) is 0 Å². The van der Waals surface area contributed by atoms with Gasteiger partial charge in [0, 0.05) is 0 Å². The number of carbonyl (C=O) groups excluding carboxylic acids is 1. The Hall–Kier alpha value is -1.83. The number of aromatic amines is 1. The molecule has 1 unspecified atom stereocenters. The second kappa shape index (κ2) is 4.26. The number of aromatic nitrogens is 3. The molecule has 1 heterocycles. The van der Waals surface area contributed by atoms with E-state index in [0.717, 1.165) is 0 Å². The maximum Gasteiger partial charge on any atom is 0.289 e. The van der Waals surface area contributed by atoms with Gasteiger partial charge in [-0.25, -0.2) is 4.98 Å². The van der Waals surface area contributed by atoms with Crippen molar-refractivity contribution in [3.8, 4) is 12.3 Å². The van der Waals surface area contributed by atoms with Crippen molar-refractivity contribution in [2.75, 3.05) is 0 Å². The molecule has 1 aromatic rings. The average molecular weight is 178 g/mol. The molecule has 1 amide bonds. The van der Waals surface area contributed by atoms with Gasteiger partial charge in [-0.2, -0.15) is 5.10 Å². The van der Waals surface area contributed by atoms with Crippen LogP contribution >= 0.6 is 0 Å². The predicted octanol–water partition coefficient (Wildman–Crippen LogP) is -0.0537. The summed E-state index contributed by atoms with van der Waals surface area (Å²) in [5, 5.41) is 8.61. The van der Waals surface area contributed by atoms with Gasteiger partial charge in [0.1, 0.15) is 6.33 Å². The van der Waals surface area contributed by atoms with Crippen molar-refractivity contribution >= 4 is 5.91 Å². The minimum atomic E-state index is -0.331. The van der Waals surface area contributed by atoms with Gasteiger partial charge >= 0.3 is 0 Å². The van der Waals surface area contributed by atoms with Crippen LogP contribution in [0, 0.1) is 12.3 Å². The standard InChI is InChI=1S/C8H10N4O/c1-3-6(4-2)11-8(13)7-9-5-10-12-7/h1,5-6H,4H2,2H3,(H,11,13)(H,9,10,12). The number of carbonyl (C=O) groups is 1. The van der Waals surface area contributed by atoms with E-state index < -0.39 is 0 Å². The number of hydrogen-bond donors (Lipinski definition) is 2. The first-order valence-corrected chi connectivity index (χ1v) is 3.90. The fourth-order valence-electron chi connectivity index (χ4n) is 0.803. The summed E-state index contributed by atoms with van der Waals surface area (Å²) in [5.41, 5.74) is 0. The zero-order chi connectivity index (χ0) is 9.68. The lowest BCUT2D eigenvalue weighted by Crippen LogP contribution is -2.33. The highest BCUT2D eigenvalue weighted by atomic mass is 16.2. The van der Waals surface area contributed by atoms with Gasteiger partial charge in [0.05, 0.1) is 6.04 Å². The van der Waals surface area contributed by atoms with Gasteiger partial charge in [0.25, 0.3) is 5.91 Å². The molecule has 0 aliphatic heterocycles. The topological polar surface area (TPSA) is 70.7 Å². The Morgan fingerprint density at radius 1 is 1.92 bits per heavy atom. The molecule has 1 aromatic heterocycles. The second-order valence-corrected chi connectivity index (χ2v) is 2.44. The Morgan fingerprint density at radius 3 is 3.15 bits per heavy atom. The summed E-state index contributed by atoms with van der Waals surface area (Å²) in [6.45, 7) is 1.89. The van der Waals surface area contributed by atoms with Crippen LogP contribution in [0.15, 0.2) is 6.33 Å². The van der Waals surface area contributed by atoms with E-state index >= 15 is 0 Å². The molecule has 13 heavy (non-hydrogen) atoms. The molecule has 0 aliphatic rings. The van der Waals surface area contributed by atoms with Gasteiger partial charge in [-0.05, 0) is 6.42 Å². The number of amides is 1. The zero-order valence-corrected chi connectivity index (χ0v) is 7.24. The third-order valence-electron chi connectivity index (χ3n) is 1.54. The Kier molecular flexibility index (Phi) is 3.03. The highest BCUT2D eigenvalue weighted by Crippen LogP contribution is 1.91. The van der Waals surface area contributed by atoms with Crippen LogP contribution in [0.4, 0.5) is 0 Å². The number of nitrogens with zero attached hydrogens (tertiary/aromatic N) is 2. The van der Waals surface area contributed by atoms with E-state index in [1.54, 1.807) is 0 Å². The van der Waals surface area contributed by atoms with Gasteiger partial charge < -0.3 is 5.32 Å². The van der Waals surface area contributed by atoms with Crippen LogP contribution < -0.4 is 5.32 Å². The van der Waals surface area contributed by atoms with Crippen LogP contribution in [0.2, 0.25) is 0 Å². The second-order valence-electron chi connectivity index (χ2n) is 2.44. The van der Waals surface area contributed by atoms with Crippen molar-refractivity contribution in [2.24, 2.45) is 0 Å². The quantitative estimate of drug-likeness (QED) is 0.637. The van der Waals surface area contributed by atoms with Crippen LogP contribution in [0.1, 0.15) is 24.0 Å². The fraction of sp³-hybridized carbons (Fsp3) is 0.375. The zero-order valence-electron chi connectivity index (χ0n) is 7.24. The average Bonchev–Trinajstić information content (AvgIpc) is 2.66. The first kappa shape index (κ1) is 9.26. The molecule has 5 nitrogen and oxygen atoms in total.